The molecule has 0 aliphatic carbocycles. The summed E-state index contributed by atoms with van der Waals surface area (Å²) in [7, 11) is 0. The van der Waals surface area contributed by atoms with Gasteiger partial charge in [0.2, 0.25) is 0 Å². The molecule has 0 N–H and O–H groups in total. The first-order valence-corrected chi connectivity index (χ1v) is 6.56. The molecule has 19 heavy (non-hydrogen) atoms. The van der Waals surface area contributed by atoms with Crippen LogP contribution in [0, 0.1) is 6.92 Å². The van der Waals surface area contributed by atoms with Crippen LogP contribution in [-0.4, -0.2) is 5.78 Å². The second-order valence-electron chi connectivity index (χ2n) is 4.23. The molecule has 2 aromatic rings. The number of ketones is 1. The van der Waals surface area contributed by atoms with Crippen molar-refractivity contribution in [1.82, 2.24) is 0 Å². The number of allylic oxidation sites excluding steroid dienone is 1. The fraction of sp³-hybridized carbons (Fsp3) is 0.0625. The highest BCUT2D eigenvalue weighted by Gasteiger charge is 2.07. The number of hydrogen-bond donors (Lipinski definition) is 0. The molecular weight excluding hydrogens is 279 g/mol. The molecule has 0 heterocycles. The first-order valence-electron chi connectivity index (χ1n) is 5.80. The minimum atomic E-state index is -0.137. The van der Waals surface area contributed by atoms with Crippen LogP contribution in [0.25, 0.3) is 6.08 Å². The van der Waals surface area contributed by atoms with Crippen molar-refractivity contribution in [2.24, 2.45) is 0 Å². The Morgan fingerprint density at radius 2 is 1.74 bits per heavy atom. The van der Waals surface area contributed by atoms with Crippen molar-refractivity contribution in [1.29, 1.82) is 0 Å². The maximum absolute atomic E-state index is 12.0. The first-order chi connectivity index (χ1) is 9.06. The van der Waals surface area contributed by atoms with Gasteiger partial charge in [0.05, 0.1) is 5.02 Å². The van der Waals surface area contributed by atoms with Crippen LogP contribution in [0.1, 0.15) is 21.5 Å². The molecular formula is C16H12Cl2O. The predicted molar refractivity (Wildman–Crippen MR) is 81.0 cm³/mol. The van der Waals surface area contributed by atoms with E-state index in [9.17, 15) is 4.79 Å². The molecule has 0 spiro atoms. The van der Waals surface area contributed by atoms with Gasteiger partial charge in [-0.05, 0) is 36.8 Å². The van der Waals surface area contributed by atoms with Gasteiger partial charge in [0.15, 0.2) is 5.78 Å². The number of benzene rings is 2. The van der Waals surface area contributed by atoms with Gasteiger partial charge in [-0.15, -0.1) is 0 Å². The molecule has 0 fully saturated rings. The monoisotopic (exact) mass is 290 g/mol. The number of hydrogen-bond acceptors (Lipinski definition) is 1. The summed E-state index contributed by atoms with van der Waals surface area (Å²) in [5, 5.41) is 0.884. The topological polar surface area (TPSA) is 17.1 Å². The molecule has 0 aliphatic heterocycles. The van der Waals surface area contributed by atoms with Gasteiger partial charge in [0.1, 0.15) is 0 Å². The van der Waals surface area contributed by atoms with Crippen LogP contribution < -0.4 is 0 Å². The largest absolute Gasteiger partial charge is 0.289 e. The lowest BCUT2D eigenvalue weighted by atomic mass is 10.1. The van der Waals surface area contributed by atoms with Crippen molar-refractivity contribution in [3.63, 3.8) is 0 Å². The average Bonchev–Trinajstić information content (AvgIpc) is 2.37. The SMILES string of the molecule is Cc1ccc(/C=C/C(=O)c2ccc(Cl)cc2Cl)cc1. The van der Waals surface area contributed by atoms with Gasteiger partial charge in [-0.2, -0.15) is 0 Å². The van der Waals surface area contributed by atoms with Gasteiger partial charge < -0.3 is 0 Å². The summed E-state index contributed by atoms with van der Waals surface area (Å²) in [5.41, 5.74) is 2.61. The minimum absolute atomic E-state index is 0.137. The Morgan fingerprint density at radius 3 is 2.37 bits per heavy atom. The van der Waals surface area contributed by atoms with E-state index in [0.29, 0.717) is 15.6 Å². The number of aryl methyl sites for hydroxylation is 1. The van der Waals surface area contributed by atoms with Crippen LogP contribution in [-0.2, 0) is 0 Å². The zero-order valence-corrected chi connectivity index (χ0v) is 11.9. The fourth-order valence-electron chi connectivity index (χ4n) is 1.63. The van der Waals surface area contributed by atoms with Crippen molar-refractivity contribution >= 4 is 35.1 Å². The van der Waals surface area contributed by atoms with E-state index in [0.717, 1.165) is 5.56 Å². The quantitative estimate of drug-likeness (QED) is 0.561. The summed E-state index contributed by atoms with van der Waals surface area (Å²) >= 11 is 11.8. The van der Waals surface area contributed by atoms with Crippen LogP contribution in [0.15, 0.2) is 48.5 Å². The highest BCUT2D eigenvalue weighted by molar-refractivity contribution is 6.37. The Balaban J connectivity index is 2.18. The molecule has 1 nitrogen and oxygen atoms in total. The van der Waals surface area contributed by atoms with Gasteiger partial charge in [0.25, 0.3) is 0 Å². The van der Waals surface area contributed by atoms with E-state index < -0.39 is 0 Å². The highest BCUT2D eigenvalue weighted by Crippen LogP contribution is 2.21. The average molecular weight is 291 g/mol. The van der Waals surface area contributed by atoms with Gasteiger partial charge in [-0.25, -0.2) is 0 Å². The molecule has 0 bridgehead atoms. The molecule has 96 valence electrons. The molecule has 0 saturated heterocycles. The van der Waals surface area contributed by atoms with Crippen LogP contribution in [0.5, 0.6) is 0 Å². The second kappa shape index (κ2) is 6.05. The number of carbonyl (C=O) groups excluding carboxylic acids is 1. The van der Waals surface area contributed by atoms with Gasteiger partial charge in [-0.1, -0.05) is 59.1 Å². The number of carbonyl (C=O) groups is 1. The smallest absolute Gasteiger partial charge is 0.187 e. The van der Waals surface area contributed by atoms with Crippen LogP contribution in [0.4, 0.5) is 0 Å². The molecule has 2 aromatic carbocycles. The maximum Gasteiger partial charge on any atom is 0.187 e. The van der Waals surface area contributed by atoms with Crippen molar-refractivity contribution in [3.05, 3.63) is 75.3 Å². The summed E-state index contributed by atoms with van der Waals surface area (Å²) in [6.07, 6.45) is 3.28. The number of rotatable bonds is 3. The van der Waals surface area contributed by atoms with Gasteiger partial charge >= 0.3 is 0 Å². The molecule has 0 unspecified atom stereocenters. The lowest BCUT2D eigenvalue weighted by Gasteiger charge is -2.00. The van der Waals surface area contributed by atoms with Gasteiger partial charge in [-0.3, -0.25) is 4.79 Å². The zero-order chi connectivity index (χ0) is 13.8. The Labute approximate surface area is 122 Å². The summed E-state index contributed by atoms with van der Waals surface area (Å²) < 4.78 is 0. The third-order valence-electron chi connectivity index (χ3n) is 2.70. The van der Waals surface area contributed by atoms with Crippen LogP contribution in [0.3, 0.4) is 0 Å². The molecule has 0 aliphatic rings. The molecule has 2 rings (SSSR count). The van der Waals surface area contributed by atoms with Crippen molar-refractivity contribution in [2.75, 3.05) is 0 Å². The Morgan fingerprint density at radius 1 is 1.05 bits per heavy atom. The molecule has 0 radical (unpaired) electrons. The van der Waals surface area contributed by atoms with E-state index >= 15 is 0 Å². The Hall–Kier alpha value is -1.57. The van der Waals surface area contributed by atoms with E-state index in [4.69, 9.17) is 23.2 Å². The first kappa shape index (κ1) is 13.9. The second-order valence-corrected chi connectivity index (χ2v) is 5.08. The number of halogens is 2. The zero-order valence-electron chi connectivity index (χ0n) is 10.4. The van der Waals surface area contributed by atoms with E-state index in [1.165, 1.54) is 11.6 Å². The Bertz CT molecular complexity index is 628. The molecule has 0 saturated carbocycles. The third-order valence-corrected chi connectivity index (χ3v) is 3.25. The summed E-state index contributed by atoms with van der Waals surface area (Å²) in [6.45, 7) is 2.02. The molecule has 0 amide bonds. The highest BCUT2D eigenvalue weighted by atomic mass is 35.5. The normalized spacial score (nSPS) is 10.9. The van der Waals surface area contributed by atoms with E-state index in [1.807, 2.05) is 31.2 Å². The molecule has 0 aromatic heterocycles. The Kier molecular flexibility index (Phi) is 4.41. The predicted octanol–water partition coefficient (Wildman–Crippen LogP) is 5.20. The van der Waals surface area contributed by atoms with E-state index in [1.54, 1.807) is 24.3 Å². The maximum atomic E-state index is 12.0. The minimum Gasteiger partial charge on any atom is -0.289 e. The van der Waals surface area contributed by atoms with Crippen molar-refractivity contribution in [2.45, 2.75) is 6.92 Å². The van der Waals surface area contributed by atoms with Crippen LogP contribution >= 0.6 is 23.2 Å². The lowest BCUT2D eigenvalue weighted by Crippen LogP contribution is -1.95. The van der Waals surface area contributed by atoms with Crippen LogP contribution in [0.2, 0.25) is 10.0 Å². The van der Waals surface area contributed by atoms with Crippen molar-refractivity contribution < 1.29 is 4.79 Å². The fourth-order valence-corrected chi connectivity index (χ4v) is 2.13. The summed E-state index contributed by atoms with van der Waals surface area (Å²) in [4.78, 5) is 12.0. The van der Waals surface area contributed by atoms with E-state index in [-0.39, 0.29) is 5.78 Å². The van der Waals surface area contributed by atoms with Gasteiger partial charge in [0, 0.05) is 10.6 Å². The van der Waals surface area contributed by atoms with Crippen molar-refractivity contribution in [3.8, 4) is 0 Å². The van der Waals surface area contributed by atoms with E-state index in [2.05, 4.69) is 0 Å². The summed E-state index contributed by atoms with van der Waals surface area (Å²) in [6, 6.07) is 12.8. The lowest BCUT2D eigenvalue weighted by molar-refractivity contribution is 0.104. The summed E-state index contributed by atoms with van der Waals surface area (Å²) in [5.74, 6) is -0.137. The third kappa shape index (κ3) is 3.69. The molecule has 3 heteroatoms. The standard InChI is InChI=1S/C16H12Cl2O/c1-11-2-4-12(5-3-11)6-9-16(19)14-8-7-13(17)10-15(14)18/h2-10H,1H3/b9-6+. The molecule has 0 atom stereocenters.